The molecule has 0 saturated carbocycles. The van der Waals surface area contributed by atoms with E-state index in [1.54, 1.807) is 13.2 Å². The Labute approximate surface area is 128 Å². The summed E-state index contributed by atoms with van der Waals surface area (Å²) < 4.78 is 35.4. The van der Waals surface area contributed by atoms with Gasteiger partial charge in [0.25, 0.3) is 15.9 Å². The molecule has 1 heterocycles. The molecular weight excluding hydrogens is 308 g/mol. The van der Waals surface area contributed by atoms with Gasteiger partial charge >= 0.3 is 0 Å². The summed E-state index contributed by atoms with van der Waals surface area (Å²) in [6.07, 6.45) is 0. The Kier molecular flexibility index (Phi) is 4.84. The zero-order valence-electron chi connectivity index (χ0n) is 12.1. The Morgan fingerprint density at radius 1 is 1.23 bits per heavy atom. The van der Waals surface area contributed by atoms with E-state index in [1.165, 1.54) is 19.2 Å². The van der Waals surface area contributed by atoms with E-state index in [4.69, 9.17) is 9.15 Å². The van der Waals surface area contributed by atoms with Crippen LogP contribution >= 0.6 is 0 Å². The van der Waals surface area contributed by atoms with Crippen molar-refractivity contribution in [2.45, 2.75) is 11.6 Å². The number of benzene rings is 1. The maximum Gasteiger partial charge on any atom is 0.287 e. The van der Waals surface area contributed by atoms with Gasteiger partial charge in [-0.2, -0.15) is 0 Å². The molecule has 8 heteroatoms. The molecule has 0 bridgehead atoms. The zero-order valence-corrected chi connectivity index (χ0v) is 12.9. The van der Waals surface area contributed by atoms with Gasteiger partial charge in [-0.25, -0.2) is 13.1 Å². The second-order valence-corrected chi connectivity index (χ2v) is 6.14. The molecule has 1 amide bonds. The van der Waals surface area contributed by atoms with Crippen LogP contribution in [0.2, 0.25) is 0 Å². The Morgan fingerprint density at radius 2 is 1.95 bits per heavy atom. The summed E-state index contributed by atoms with van der Waals surface area (Å²) in [5.41, 5.74) is 0.799. The summed E-state index contributed by atoms with van der Waals surface area (Å²) in [5, 5.41) is 2.34. The zero-order chi connectivity index (χ0) is 16.2. The maximum atomic E-state index is 12.0. The topological polar surface area (TPSA) is 97.6 Å². The molecule has 2 aromatic rings. The molecule has 22 heavy (non-hydrogen) atoms. The third kappa shape index (κ3) is 3.46. The van der Waals surface area contributed by atoms with E-state index >= 15 is 0 Å². The van der Waals surface area contributed by atoms with Crippen molar-refractivity contribution in [3.63, 3.8) is 0 Å². The highest BCUT2D eigenvalue weighted by molar-refractivity contribution is 7.89. The smallest absolute Gasteiger partial charge is 0.287 e. The molecule has 2 rings (SSSR count). The van der Waals surface area contributed by atoms with Gasteiger partial charge in [-0.1, -0.05) is 18.2 Å². The highest BCUT2D eigenvalue weighted by atomic mass is 32.2. The summed E-state index contributed by atoms with van der Waals surface area (Å²) in [6, 6.07) is 9.79. The summed E-state index contributed by atoms with van der Waals surface area (Å²) in [6.45, 7) is 0.234. The minimum Gasteiger partial charge on any atom is -0.496 e. The second kappa shape index (κ2) is 6.63. The summed E-state index contributed by atoms with van der Waals surface area (Å²) >= 11 is 0. The van der Waals surface area contributed by atoms with Crippen molar-refractivity contribution in [2.24, 2.45) is 0 Å². The van der Waals surface area contributed by atoms with Gasteiger partial charge in [0.1, 0.15) is 5.75 Å². The van der Waals surface area contributed by atoms with Crippen LogP contribution in [0.3, 0.4) is 0 Å². The molecule has 0 atom stereocenters. The van der Waals surface area contributed by atoms with Crippen LogP contribution in [0.4, 0.5) is 0 Å². The number of hydrogen-bond donors (Lipinski definition) is 2. The van der Waals surface area contributed by atoms with Gasteiger partial charge in [-0.05, 0) is 25.2 Å². The first-order valence-electron chi connectivity index (χ1n) is 6.41. The van der Waals surface area contributed by atoms with Crippen LogP contribution < -0.4 is 14.8 Å². The molecular formula is C14H16N2O5S. The molecule has 7 nitrogen and oxygen atoms in total. The highest BCUT2D eigenvalue weighted by Gasteiger charge is 2.19. The average molecular weight is 324 g/mol. The van der Waals surface area contributed by atoms with Gasteiger partial charge in [-0.3, -0.25) is 4.79 Å². The molecule has 0 aliphatic heterocycles. The van der Waals surface area contributed by atoms with E-state index in [1.807, 2.05) is 18.2 Å². The van der Waals surface area contributed by atoms with Gasteiger partial charge < -0.3 is 14.5 Å². The molecule has 0 aliphatic carbocycles. The number of para-hydroxylation sites is 1. The monoisotopic (exact) mass is 324 g/mol. The SMILES string of the molecule is CNS(=O)(=O)c1ccc(C(=O)NCc2ccccc2OC)o1. The number of carbonyl (C=O) groups excluding carboxylic acids is 1. The molecule has 0 radical (unpaired) electrons. The molecule has 1 aromatic carbocycles. The highest BCUT2D eigenvalue weighted by Crippen LogP contribution is 2.17. The third-order valence-electron chi connectivity index (χ3n) is 2.97. The normalized spacial score (nSPS) is 11.2. The van der Waals surface area contributed by atoms with Crippen LogP contribution in [0.1, 0.15) is 16.1 Å². The van der Waals surface area contributed by atoms with E-state index < -0.39 is 15.9 Å². The van der Waals surface area contributed by atoms with Gasteiger partial charge in [0.2, 0.25) is 5.09 Å². The van der Waals surface area contributed by atoms with Crippen LogP contribution in [0, 0.1) is 0 Å². The Bertz CT molecular complexity index is 767. The van der Waals surface area contributed by atoms with Gasteiger partial charge in [0.05, 0.1) is 7.11 Å². The number of amides is 1. The fraction of sp³-hybridized carbons (Fsp3) is 0.214. The number of furan rings is 1. The first-order valence-corrected chi connectivity index (χ1v) is 7.89. The first-order chi connectivity index (χ1) is 10.5. The fourth-order valence-corrected chi connectivity index (χ4v) is 2.45. The molecule has 0 aliphatic rings. The number of sulfonamides is 1. The fourth-order valence-electron chi connectivity index (χ4n) is 1.80. The summed E-state index contributed by atoms with van der Waals surface area (Å²) in [4.78, 5) is 12.0. The van der Waals surface area contributed by atoms with Gasteiger partial charge in [0.15, 0.2) is 5.76 Å². The number of ether oxygens (including phenoxy) is 1. The molecule has 0 saturated heterocycles. The molecule has 0 fully saturated rings. The average Bonchev–Trinajstić information content (AvgIpc) is 3.03. The predicted molar refractivity (Wildman–Crippen MR) is 79.1 cm³/mol. The second-order valence-electron chi connectivity index (χ2n) is 4.32. The van der Waals surface area contributed by atoms with Crippen molar-refractivity contribution in [1.82, 2.24) is 10.0 Å². The predicted octanol–water partition coefficient (Wildman–Crippen LogP) is 1.13. The Balaban J connectivity index is 2.07. The lowest BCUT2D eigenvalue weighted by molar-refractivity contribution is 0.0917. The lowest BCUT2D eigenvalue weighted by atomic mass is 10.2. The van der Waals surface area contributed by atoms with Gasteiger partial charge in [0, 0.05) is 12.1 Å². The van der Waals surface area contributed by atoms with Crippen molar-refractivity contribution in [1.29, 1.82) is 0 Å². The summed E-state index contributed by atoms with van der Waals surface area (Å²) in [5.74, 6) is 0.0628. The van der Waals surface area contributed by atoms with Gasteiger partial charge in [-0.15, -0.1) is 0 Å². The number of rotatable bonds is 6. The van der Waals surface area contributed by atoms with Crippen molar-refractivity contribution in [3.8, 4) is 5.75 Å². The van der Waals surface area contributed by atoms with E-state index in [2.05, 4.69) is 10.0 Å². The van der Waals surface area contributed by atoms with Crippen molar-refractivity contribution in [2.75, 3.05) is 14.2 Å². The molecule has 0 unspecified atom stereocenters. The number of carbonyl (C=O) groups is 1. The van der Waals surface area contributed by atoms with Crippen LogP contribution in [0.25, 0.3) is 0 Å². The third-order valence-corrected chi connectivity index (χ3v) is 4.26. The number of hydrogen-bond acceptors (Lipinski definition) is 5. The lowest BCUT2D eigenvalue weighted by Gasteiger charge is -2.08. The quantitative estimate of drug-likeness (QED) is 0.830. The van der Waals surface area contributed by atoms with Crippen LogP contribution in [-0.2, 0) is 16.6 Å². The minimum absolute atomic E-state index is 0.0799. The molecule has 118 valence electrons. The largest absolute Gasteiger partial charge is 0.496 e. The van der Waals surface area contributed by atoms with E-state index in [0.717, 1.165) is 5.56 Å². The van der Waals surface area contributed by atoms with Crippen molar-refractivity contribution >= 4 is 15.9 Å². The lowest BCUT2D eigenvalue weighted by Crippen LogP contribution is -2.22. The molecule has 1 aromatic heterocycles. The van der Waals surface area contributed by atoms with Crippen LogP contribution in [-0.4, -0.2) is 28.5 Å². The number of methoxy groups -OCH3 is 1. The van der Waals surface area contributed by atoms with E-state index in [-0.39, 0.29) is 17.4 Å². The van der Waals surface area contributed by atoms with Crippen LogP contribution in [0.5, 0.6) is 5.75 Å². The first kappa shape index (κ1) is 16.1. The standard InChI is InChI=1S/C14H16N2O5S/c1-15-22(18,19)13-8-7-12(21-13)14(17)16-9-10-5-3-4-6-11(10)20-2/h3-8,15H,9H2,1-2H3,(H,16,17). The van der Waals surface area contributed by atoms with E-state index in [0.29, 0.717) is 5.75 Å². The minimum atomic E-state index is -3.71. The van der Waals surface area contributed by atoms with Crippen LogP contribution in [0.15, 0.2) is 45.9 Å². The molecule has 2 N–H and O–H groups in total. The Hall–Kier alpha value is -2.32. The summed E-state index contributed by atoms with van der Waals surface area (Å²) in [7, 11) is -0.898. The van der Waals surface area contributed by atoms with Crippen molar-refractivity contribution in [3.05, 3.63) is 47.7 Å². The maximum absolute atomic E-state index is 12.0. The number of nitrogens with one attached hydrogen (secondary N) is 2. The van der Waals surface area contributed by atoms with E-state index in [9.17, 15) is 13.2 Å². The van der Waals surface area contributed by atoms with Crippen molar-refractivity contribution < 1.29 is 22.4 Å². The molecule has 0 spiro atoms. The Morgan fingerprint density at radius 3 is 2.64 bits per heavy atom.